The van der Waals surface area contributed by atoms with Crippen LogP contribution in [0.4, 0.5) is 0 Å². The van der Waals surface area contributed by atoms with Gasteiger partial charge in [-0.15, -0.1) is 10.2 Å². The lowest BCUT2D eigenvalue weighted by molar-refractivity contribution is -0.0711. The fourth-order valence-corrected chi connectivity index (χ4v) is 3.66. The van der Waals surface area contributed by atoms with Gasteiger partial charge in [-0.2, -0.15) is 0 Å². The molecular formula is C18H23N5O. The predicted octanol–water partition coefficient (Wildman–Crippen LogP) is 2.45. The van der Waals surface area contributed by atoms with Gasteiger partial charge in [0.1, 0.15) is 5.82 Å². The lowest BCUT2D eigenvalue weighted by Crippen LogP contribution is -2.45. The standard InChI is InChI=1S/C18H23N5O/c1-4-16-19-15-8-6-5-7-14(15)18-21-20-17(23(16)18)11-22-9-12(2)24-13(3)10-22/h5-8,12-13H,4,9-11H2,1-3H3/t12-,13-/m1/s1. The number of aryl methyl sites for hydroxylation is 1. The molecule has 3 aromatic rings. The molecule has 24 heavy (non-hydrogen) atoms. The van der Waals surface area contributed by atoms with Gasteiger partial charge in [0.05, 0.1) is 24.3 Å². The van der Waals surface area contributed by atoms with E-state index in [0.29, 0.717) is 0 Å². The number of para-hydroxylation sites is 1. The van der Waals surface area contributed by atoms with E-state index in [2.05, 4.69) is 46.3 Å². The average Bonchev–Trinajstić information content (AvgIpc) is 2.97. The molecule has 126 valence electrons. The minimum atomic E-state index is 0.248. The molecule has 1 fully saturated rings. The third kappa shape index (κ3) is 2.65. The van der Waals surface area contributed by atoms with Crippen LogP contribution in [-0.4, -0.2) is 49.8 Å². The van der Waals surface area contributed by atoms with E-state index in [9.17, 15) is 0 Å². The number of hydrogen-bond acceptors (Lipinski definition) is 5. The van der Waals surface area contributed by atoms with Gasteiger partial charge >= 0.3 is 0 Å². The molecule has 0 aliphatic carbocycles. The topological polar surface area (TPSA) is 55.5 Å². The van der Waals surface area contributed by atoms with Gasteiger partial charge in [-0.25, -0.2) is 4.98 Å². The van der Waals surface area contributed by atoms with Crippen molar-refractivity contribution >= 4 is 16.6 Å². The van der Waals surface area contributed by atoms with Gasteiger partial charge in [0.25, 0.3) is 0 Å². The SMILES string of the molecule is CCc1nc2ccccc2c2nnc(CN3C[C@@H](C)O[C@H](C)C3)n12. The summed E-state index contributed by atoms with van der Waals surface area (Å²) in [5.74, 6) is 1.97. The number of nitrogens with zero attached hydrogens (tertiary/aromatic N) is 5. The minimum Gasteiger partial charge on any atom is -0.373 e. The number of aromatic nitrogens is 4. The quantitative estimate of drug-likeness (QED) is 0.740. The van der Waals surface area contributed by atoms with E-state index in [1.165, 1.54) is 0 Å². The highest BCUT2D eigenvalue weighted by Crippen LogP contribution is 2.21. The van der Waals surface area contributed by atoms with Crippen molar-refractivity contribution < 1.29 is 4.74 Å². The second kappa shape index (κ2) is 6.11. The van der Waals surface area contributed by atoms with Crippen molar-refractivity contribution in [3.63, 3.8) is 0 Å². The summed E-state index contributed by atoms with van der Waals surface area (Å²) in [6.07, 6.45) is 1.34. The average molecular weight is 325 g/mol. The molecule has 0 amide bonds. The minimum absolute atomic E-state index is 0.248. The van der Waals surface area contributed by atoms with Crippen LogP contribution in [0.25, 0.3) is 16.6 Å². The maximum absolute atomic E-state index is 5.83. The van der Waals surface area contributed by atoms with E-state index in [1.807, 2.05) is 18.2 Å². The van der Waals surface area contributed by atoms with Crippen molar-refractivity contribution in [1.82, 2.24) is 24.5 Å². The van der Waals surface area contributed by atoms with E-state index in [0.717, 1.165) is 54.3 Å². The molecular weight excluding hydrogens is 302 g/mol. The Kier molecular flexibility index (Phi) is 3.94. The first-order valence-corrected chi connectivity index (χ1v) is 8.65. The van der Waals surface area contributed by atoms with Crippen LogP contribution in [0.1, 0.15) is 32.4 Å². The highest BCUT2D eigenvalue weighted by atomic mass is 16.5. The molecule has 2 aromatic heterocycles. The second-order valence-corrected chi connectivity index (χ2v) is 6.63. The number of benzene rings is 1. The van der Waals surface area contributed by atoms with Crippen LogP contribution < -0.4 is 0 Å². The Balaban J connectivity index is 1.77. The van der Waals surface area contributed by atoms with Crippen LogP contribution in [0.15, 0.2) is 24.3 Å². The summed E-state index contributed by atoms with van der Waals surface area (Å²) in [7, 11) is 0. The van der Waals surface area contributed by atoms with E-state index >= 15 is 0 Å². The Morgan fingerprint density at radius 2 is 1.83 bits per heavy atom. The third-order valence-corrected chi connectivity index (χ3v) is 4.56. The molecule has 3 heterocycles. The van der Waals surface area contributed by atoms with Gasteiger partial charge < -0.3 is 4.74 Å². The summed E-state index contributed by atoms with van der Waals surface area (Å²) in [4.78, 5) is 7.21. The largest absolute Gasteiger partial charge is 0.373 e. The fraction of sp³-hybridized carbons (Fsp3) is 0.500. The van der Waals surface area contributed by atoms with Crippen LogP contribution in [0, 0.1) is 0 Å². The normalized spacial score (nSPS) is 22.5. The van der Waals surface area contributed by atoms with Crippen LogP contribution in [0.3, 0.4) is 0 Å². The molecule has 6 nitrogen and oxygen atoms in total. The van der Waals surface area contributed by atoms with Gasteiger partial charge in [-0.05, 0) is 26.0 Å². The Morgan fingerprint density at radius 1 is 1.08 bits per heavy atom. The van der Waals surface area contributed by atoms with Crippen molar-refractivity contribution in [2.24, 2.45) is 0 Å². The zero-order valence-corrected chi connectivity index (χ0v) is 14.4. The van der Waals surface area contributed by atoms with Crippen molar-refractivity contribution in [2.75, 3.05) is 13.1 Å². The van der Waals surface area contributed by atoms with Gasteiger partial charge in [-0.1, -0.05) is 19.1 Å². The van der Waals surface area contributed by atoms with Crippen molar-refractivity contribution in [2.45, 2.75) is 45.9 Å². The van der Waals surface area contributed by atoms with E-state index < -0.39 is 0 Å². The number of hydrogen-bond donors (Lipinski definition) is 0. The predicted molar refractivity (Wildman–Crippen MR) is 93.0 cm³/mol. The van der Waals surface area contributed by atoms with E-state index in [4.69, 9.17) is 9.72 Å². The summed E-state index contributed by atoms with van der Waals surface area (Å²) in [5, 5.41) is 10.0. The van der Waals surface area contributed by atoms with Crippen LogP contribution in [0.5, 0.6) is 0 Å². The molecule has 0 unspecified atom stereocenters. The molecule has 1 aliphatic rings. The summed E-state index contributed by atoms with van der Waals surface area (Å²) in [5.41, 5.74) is 1.89. The van der Waals surface area contributed by atoms with Crippen LogP contribution >= 0.6 is 0 Å². The second-order valence-electron chi connectivity index (χ2n) is 6.63. The van der Waals surface area contributed by atoms with Crippen molar-refractivity contribution in [3.05, 3.63) is 35.9 Å². The number of ether oxygens (including phenoxy) is 1. The zero-order chi connectivity index (χ0) is 16.7. The van der Waals surface area contributed by atoms with Crippen molar-refractivity contribution in [3.8, 4) is 0 Å². The van der Waals surface area contributed by atoms with Gasteiger partial charge in [-0.3, -0.25) is 9.30 Å². The highest BCUT2D eigenvalue weighted by molar-refractivity contribution is 5.91. The maximum atomic E-state index is 5.83. The molecule has 1 saturated heterocycles. The van der Waals surface area contributed by atoms with Crippen LogP contribution in [-0.2, 0) is 17.7 Å². The summed E-state index contributed by atoms with van der Waals surface area (Å²) < 4.78 is 7.96. The molecule has 0 radical (unpaired) electrons. The Bertz CT molecular complexity index is 864. The molecule has 6 heteroatoms. The van der Waals surface area contributed by atoms with E-state index in [-0.39, 0.29) is 12.2 Å². The molecule has 4 rings (SSSR count). The number of rotatable bonds is 3. The molecule has 1 aromatic carbocycles. The first kappa shape index (κ1) is 15.5. The third-order valence-electron chi connectivity index (χ3n) is 4.56. The molecule has 0 N–H and O–H groups in total. The lowest BCUT2D eigenvalue weighted by atomic mass is 10.2. The van der Waals surface area contributed by atoms with Gasteiger partial charge in [0.2, 0.25) is 0 Å². The first-order valence-electron chi connectivity index (χ1n) is 8.65. The molecule has 0 spiro atoms. The summed E-state index contributed by atoms with van der Waals surface area (Å²) >= 11 is 0. The van der Waals surface area contributed by atoms with Crippen LogP contribution in [0.2, 0.25) is 0 Å². The van der Waals surface area contributed by atoms with Crippen molar-refractivity contribution in [1.29, 1.82) is 0 Å². The Morgan fingerprint density at radius 3 is 2.58 bits per heavy atom. The number of fused-ring (bicyclic) bond motifs is 3. The first-order chi connectivity index (χ1) is 11.7. The fourth-order valence-electron chi connectivity index (χ4n) is 3.66. The Hall–Kier alpha value is -2.05. The zero-order valence-electron chi connectivity index (χ0n) is 14.4. The molecule has 0 bridgehead atoms. The lowest BCUT2D eigenvalue weighted by Gasteiger charge is -2.34. The van der Waals surface area contributed by atoms with Gasteiger partial charge in [0.15, 0.2) is 11.5 Å². The monoisotopic (exact) mass is 325 g/mol. The van der Waals surface area contributed by atoms with E-state index in [1.54, 1.807) is 0 Å². The smallest absolute Gasteiger partial charge is 0.171 e. The van der Waals surface area contributed by atoms with Gasteiger partial charge in [0, 0.05) is 24.9 Å². The number of morpholine rings is 1. The summed E-state index contributed by atoms with van der Waals surface area (Å²) in [6.45, 7) is 8.98. The molecule has 1 aliphatic heterocycles. The summed E-state index contributed by atoms with van der Waals surface area (Å²) in [6, 6.07) is 8.14. The molecule has 0 saturated carbocycles. The Labute approximate surface area is 141 Å². The molecule has 2 atom stereocenters. The highest BCUT2D eigenvalue weighted by Gasteiger charge is 2.24. The maximum Gasteiger partial charge on any atom is 0.171 e.